The first-order chi connectivity index (χ1) is 10.2. The van der Waals surface area contributed by atoms with Crippen LogP contribution in [0, 0.1) is 0 Å². The number of ether oxygens (including phenoxy) is 1. The Morgan fingerprint density at radius 1 is 1.43 bits per heavy atom. The average Bonchev–Trinajstić information content (AvgIpc) is 2.75. The number of carbonyl (C=O) groups is 1. The molecule has 0 spiro atoms. The van der Waals surface area contributed by atoms with Gasteiger partial charge in [-0.25, -0.2) is 0 Å². The maximum Gasteiger partial charge on any atom is 0.241 e. The van der Waals surface area contributed by atoms with Crippen LogP contribution in [0.4, 0.5) is 5.69 Å². The molecule has 1 fully saturated rings. The first-order valence-corrected chi connectivity index (χ1v) is 8.05. The van der Waals surface area contributed by atoms with E-state index in [0.717, 1.165) is 32.2 Å². The Bertz CT molecular complexity index is 471. The van der Waals surface area contributed by atoms with Crippen molar-refractivity contribution in [2.45, 2.75) is 45.1 Å². The third-order valence-corrected chi connectivity index (χ3v) is 3.83. The fraction of sp³-hybridized carbons (Fsp3) is 0.562. The van der Waals surface area contributed by atoms with Crippen LogP contribution in [0.25, 0.3) is 0 Å². The molecule has 1 aliphatic rings. The molecule has 1 aromatic carbocycles. The van der Waals surface area contributed by atoms with Crippen LogP contribution in [-0.4, -0.2) is 25.1 Å². The number of halogens is 1. The summed E-state index contributed by atoms with van der Waals surface area (Å²) >= 11 is 6.17. The summed E-state index contributed by atoms with van der Waals surface area (Å²) in [5, 5.41) is 6.73. The van der Waals surface area contributed by atoms with Gasteiger partial charge in [-0.05, 0) is 44.0 Å². The van der Waals surface area contributed by atoms with Gasteiger partial charge in [0, 0.05) is 5.69 Å². The van der Waals surface area contributed by atoms with Crippen LogP contribution in [0.1, 0.15) is 39.0 Å². The summed E-state index contributed by atoms with van der Waals surface area (Å²) in [7, 11) is 0. The molecule has 2 rings (SSSR count). The highest BCUT2D eigenvalue weighted by Gasteiger charge is 2.19. The Balaban J connectivity index is 1.95. The van der Waals surface area contributed by atoms with Crippen LogP contribution in [-0.2, 0) is 4.79 Å². The van der Waals surface area contributed by atoms with Crippen LogP contribution in [0.2, 0.25) is 5.02 Å². The first kappa shape index (κ1) is 16.1. The lowest BCUT2D eigenvalue weighted by Crippen LogP contribution is -2.39. The molecule has 0 aliphatic carbocycles. The van der Waals surface area contributed by atoms with Crippen molar-refractivity contribution in [1.82, 2.24) is 5.32 Å². The molecule has 1 aromatic rings. The average molecular weight is 311 g/mol. The Labute approximate surface area is 131 Å². The summed E-state index contributed by atoms with van der Waals surface area (Å²) in [4.78, 5) is 12.2. The van der Waals surface area contributed by atoms with E-state index in [-0.39, 0.29) is 11.9 Å². The highest BCUT2D eigenvalue weighted by Crippen LogP contribution is 2.28. The van der Waals surface area contributed by atoms with Crippen molar-refractivity contribution in [1.29, 1.82) is 0 Å². The van der Waals surface area contributed by atoms with E-state index in [1.807, 2.05) is 13.0 Å². The van der Waals surface area contributed by atoms with Gasteiger partial charge in [-0.2, -0.15) is 0 Å². The lowest BCUT2D eigenvalue weighted by Gasteiger charge is -2.16. The zero-order valence-corrected chi connectivity index (χ0v) is 13.2. The minimum atomic E-state index is -0.109. The Morgan fingerprint density at radius 3 is 3.05 bits per heavy atom. The van der Waals surface area contributed by atoms with E-state index in [0.29, 0.717) is 23.1 Å². The topological polar surface area (TPSA) is 50.4 Å². The van der Waals surface area contributed by atoms with Crippen molar-refractivity contribution in [2.75, 3.05) is 18.5 Å². The van der Waals surface area contributed by atoms with Gasteiger partial charge in [-0.1, -0.05) is 31.4 Å². The normalized spacial score (nSPS) is 18.9. The molecule has 0 aromatic heterocycles. The second kappa shape index (κ2) is 8.25. The number of benzene rings is 1. The van der Waals surface area contributed by atoms with Crippen LogP contribution in [0.15, 0.2) is 18.2 Å². The fourth-order valence-electron chi connectivity index (χ4n) is 2.39. The van der Waals surface area contributed by atoms with Gasteiger partial charge in [0.05, 0.1) is 17.7 Å². The maximum absolute atomic E-state index is 12.2. The Hall–Kier alpha value is -1.26. The van der Waals surface area contributed by atoms with Gasteiger partial charge in [-0.3, -0.25) is 4.79 Å². The number of hydrogen-bond acceptors (Lipinski definition) is 3. The summed E-state index contributed by atoms with van der Waals surface area (Å²) in [6.45, 7) is 3.59. The second-order valence-corrected chi connectivity index (χ2v) is 5.75. The first-order valence-electron chi connectivity index (χ1n) is 7.67. The highest BCUT2D eigenvalue weighted by molar-refractivity contribution is 6.32. The van der Waals surface area contributed by atoms with Crippen molar-refractivity contribution in [3.05, 3.63) is 23.2 Å². The molecule has 5 heteroatoms. The molecule has 1 unspecified atom stereocenters. The van der Waals surface area contributed by atoms with E-state index in [4.69, 9.17) is 16.3 Å². The van der Waals surface area contributed by atoms with Gasteiger partial charge in [0.15, 0.2) is 0 Å². The summed E-state index contributed by atoms with van der Waals surface area (Å²) in [6, 6.07) is 5.25. The van der Waals surface area contributed by atoms with Crippen molar-refractivity contribution in [3.8, 4) is 5.75 Å². The van der Waals surface area contributed by atoms with E-state index in [2.05, 4.69) is 10.6 Å². The molecular weight excluding hydrogens is 288 g/mol. The number of amides is 1. The molecule has 1 aliphatic heterocycles. The van der Waals surface area contributed by atoms with Crippen molar-refractivity contribution in [2.24, 2.45) is 0 Å². The van der Waals surface area contributed by atoms with Gasteiger partial charge in [0.1, 0.15) is 5.75 Å². The molecule has 21 heavy (non-hydrogen) atoms. The summed E-state index contributed by atoms with van der Waals surface area (Å²) in [6.07, 6.45) is 5.24. The zero-order chi connectivity index (χ0) is 15.1. The predicted octanol–water partition coefficient (Wildman–Crippen LogP) is 3.60. The number of nitrogens with one attached hydrogen (secondary N) is 2. The van der Waals surface area contributed by atoms with E-state index >= 15 is 0 Å². The molecule has 4 nitrogen and oxygen atoms in total. The van der Waals surface area contributed by atoms with Crippen molar-refractivity contribution in [3.63, 3.8) is 0 Å². The standard InChI is InChI=1S/C16H23ClN2O2/c1-2-10-21-15-8-7-12(11-13(15)17)19-16(20)14-6-4-3-5-9-18-14/h7-8,11,14,18H,2-6,9-10H2,1H3,(H,19,20). The molecule has 116 valence electrons. The number of carbonyl (C=O) groups excluding carboxylic acids is 1. The Kier molecular flexibility index (Phi) is 6.33. The van der Waals surface area contributed by atoms with Crippen LogP contribution < -0.4 is 15.4 Å². The third-order valence-electron chi connectivity index (χ3n) is 3.54. The number of rotatable bonds is 5. The maximum atomic E-state index is 12.2. The molecule has 1 atom stereocenters. The lowest BCUT2D eigenvalue weighted by molar-refractivity contribution is -0.118. The van der Waals surface area contributed by atoms with Crippen LogP contribution in [0.5, 0.6) is 5.75 Å². The Morgan fingerprint density at radius 2 is 2.29 bits per heavy atom. The molecule has 0 saturated carbocycles. The smallest absolute Gasteiger partial charge is 0.241 e. The SMILES string of the molecule is CCCOc1ccc(NC(=O)C2CCCCCN2)cc1Cl. The third kappa shape index (κ3) is 4.90. The minimum absolute atomic E-state index is 0.00944. The fourth-order valence-corrected chi connectivity index (χ4v) is 2.62. The monoisotopic (exact) mass is 310 g/mol. The summed E-state index contributed by atoms with van der Waals surface area (Å²) in [5.41, 5.74) is 0.708. The molecular formula is C16H23ClN2O2. The van der Waals surface area contributed by atoms with Gasteiger partial charge >= 0.3 is 0 Å². The molecule has 0 bridgehead atoms. The molecule has 2 N–H and O–H groups in total. The van der Waals surface area contributed by atoms with Gasteiger partial charge in [0.2, 0.25) is 5.91 Å². The number of hydrogen-bond donors (Lipinski definition) is 2. The molecule has 1 saturated heterocycles. The summed E-state index contributed by atoms with van der Waals surface area (Å²) < 4.78 is 5.52. The van der Waals surface area contributed by atoms with Crippen molar-refractivity contribution < 1.29 is 9.53 Å². The van der Waals surface area contributed by atoms with Crippen molar-refractivity contribution >= 4 is 23.2 Å². The second-order valence-electron chi connectivity index (χ2n) is 5.34. The number of anilines is 1. The molecule has 1 heterocycles. The van der Waals surface area contributed by atoms with Gasteiger partial charge in [0.25, 0.3) is 0 Å². The summed E-state index contributed by atoms with van der Waals surface area (Å²) in [5.74, 6) is 0.666. The van der Waals surface area contributed by atoms with E-state index in [9.17, 15) is 4.79 Å². The van der Waals surface area contributed by atoms with E-state index in [1.54, 1.807) is 12.1 Å². The minimum Gasteiger partial charge on any atom is -0.492 e. The van der Waals surface area contributed by atoms with Gasteiger partial charge < -0.3 is 15.4 Å². The lowest BCUT2D eigenvalue weighted by atomic mass is 10.1. The molecule has 1 amide bonds. The van der Waals surface area contributed by atoms with E-state index < -0.39 is 0 Å². The van der Waals surface area contributed by atoms with Crippen LogP contribution >= 0.6 is 11.6 Å². The predicted molar refractivity (Wildman–Crippen MR) is 86.1 cm³/mol. The zero-order valence-electron chi connectivity index (χ0n) is 12.5. The molecule has 0 radical (unpaired) electrons. The highest BCUT2D eigenvalue weighted by atomic mass is 35.5. The van der Waals surface area contributed by atoms with Crippen LogP contribution in [0.3, 0.4) is 0 Å². The van der Waals surface area contributed by atoms with E-state index in [1.165, 1.54) is 6.42 Å². The van der Waals surface area contributed by atoms with Gasteiger partial charge in [-0.15, -0.1) is 0 Å². The largest absolute Gasteiger partial charge is 0.492 e. The quantitative estimate of drug-likeness (QED) is 0.873.